The van der Waals surface area contributed by atoms with Gasteiger partial charge in [0.2, 0.25) is 5.91 Å². The van der Waals surface area contributed by atoms with Gasteiger partial charge in [0.1, 0.15) is 12.3 Å². The van der Waals surface area contributed by atoms with Crippen LogP contribution in [0.15, 0.2) is 0 Å². The topological polar surface area (TPSA) is 99.1 Å². The lowest BCUT2D eigenvalue weighted by Gasteiger charge is -2.34. The number of hydrogen-bond donors (Lipinski definition) is 3. The molecule has 0 aromatic rings. The highest BCUT2D eigenvalue weighted by molar-refractivity contribution is 5.97. The van der Waals surface area contributed by atoms with Crippen LogP contribution >= 0.6 is 0 Å². The molecule has 0 aromatic carbocycles. The molecule has 0 aromatic heterocycles. The summed E-state index contributed by atoms with van der Waals surface area (Å²) < 4.78 is 5.37. The Labute approximate surface area is 98.3 Å². The lowest BCUT2D eigenvalue weighted by atomic mass is 10.1. The van der Waals surface area contributed by atoms with E-state index in [4.69, 9.17) is 9.84 Å². The minimum absolute atomic E-state index is 0.250. The molecule has 0 spiro atoms. The Morgan fingerprint density at radius 2 is 2.24 bits per heavy atom. The van der Waals surface area contributed by atoms with Crippen molar-refractivity contribution in [3.05, 3.63) is 0 Å². The van der Waals surface area contributed by atoms with E-state index < -0.39 is 24.5 Å². The van der Waals surface area contributed by atoms with Crippen LogP contribution in [0.1, 0.15) is 13.3 Å². The molecule has 2 heterocycles. The molecule has 96 valence electrons. The molecule has 4 atom stereocenters. The summed E-state index contributed by atoms with van der Waals surface area (Å²) in [5, 5.41) is 20.8. The highest BCUT2D eigenvalue weighted by atomic mass is 16.5. The number of ether oxygens (including phenoxy) is 1. The zero-order chi connectivity index (χ0) is 12.6. The van der Waals surface area contributed by atoms with Gasteiger partial charge in [-0.15, -0.1) is 0 Å². The van der Waals surface area contributed by atoms with Crippen LogP contribution in [0.5, 0.6) is 0 Å². The van der Waals surface area contributed by atoms with Gasteiger partial charge in [-0.1, -0.05) is 6.92 Å². The zero-order valence-electron chi connectivity index (χ0n) is 9.50. The molecule has 0 bridgehead atoms. The maximum Gasteiger partial charge on any atom is 0.326 e. The smallest absolute Gasteiger partial charge is 0.326 e. The van der Waals surface area contributed by atoms with Crippen molar-refractivity contribution < 1.29 is 24.5 Å². The molecule has 17 heavy (non-hydrogen) atoms. The van der Waals surface area contributed by atoms with E-state index in [0.717, 1.165) is 0 Å². The van der Waals surface area contributed by atoms with Crippen LogP contribution in [-0.4, -0.2) is 58.6 Å². The van der Waals surface area contributed by atoms with Crippen molar-refractivity contribution in [2.24, 2.45) is 5.92 Å². The van der Waals surface area contributed by atoms with Crippen molar-refractivity contribution in [3.63, 3.8) is 0 Å². The van der Waals surface area contributed by atoms with Crippen LogP contribution in [0, 0.1) is 5.92 Å². The predicted molar refractivity (Wildman–Crippen MR) is 55.8 cm³/mol. The van der Waals surface area contributed by atoms with Crippen LogP contribution in [0.3, 0.4) is 0 Å². The summed E-state index contributed by atoms with van der Waals surface area (Å²) in [6, 6.07) is -0.510. The molecule has 0 saturated carbocycles. The van der Waals surface area contributed by atoms with Crippen LogP contribution in [0.25, 0.3) is 0 Å². The number of rotatable bonds is 2. The number of nitrogens with one attached hydrogen (secondary N) is 1. The van der Waals surface area contributed by atoms with E-state index in [9.17, 15) is 14.7 Å². The molecule has 0 radical (unpaired) electrons. The van der Waals surface area contributed by atoms with Crippen LogP contribution in [0.4, 0.5) is 4.79 Å². The number of urea groups is 1. The summed E-state index contributed by atoms with van der Waals surface area (Å²) in [6.45, 7) is 1.69. The second-order valence-electron chi connectivity index (χ2n) is 4.46. The van der Waals surface area contributed by atoms with Gasteiger partial charge in [-0.2, -0.15) is 0 Å². The third-order valence-corrected chi connectivity index (χ3v) is 3.14. The van der Waals surface area contributed by atoms with E-state index in [1.54, 1.807) is 6.92 Å². The first-order valence-electron chi connectivity index (χ1n) is 5.58. The summed E-state index contributed by atoms with van der Waals surface area (Å²) in [5.41, 5.74) is 0. The standard InChI is InChI=1S/C10H16N2O5/c1-5-3-12(10(16)11-9(5)15)8-2-6(14)7(4-13)17-8/h5-8,13-14H,2-4H2,1H3,(H,11,15,16)/t5?,6-,7+,8-/m0/s1. The number of imide groups is 1. The maximum atomic E-state index is 11.6. The quantitative estimate of drug-likeness (QED) is 0.557. The number of nitrogens with zero attached hydrogens (tertiary/aromatic N) is 1. The van der Waals surface area contributed by atoms with E-state index in [2.05, 4.69) is 5.32 Å². The average Bonchev–Trinajstić information content (AvgIpc) is 2.65. The number of carbonyl (C=O) groups is 2. The van der Waals surface area contributed by atoms with Crippen molar-refractivity contribution in [1.82, 2.24) is 10.2 Å². The Hall–Kier alpha value is -1.18. The highest BCUT2D eigenvalue weighted by Crippen LogP contribution is 2.25. The van der Waals surface area contributed by atoms with Crippen molar-refractivity contribution in [1.29, 1.82) is 0 Å². The van der Waals surface area contributed by atoms with E-state index >= 15 is 0 Å². The molecule has 2 rings (SSSR count). The SMILES string of the molecule is CC1CN([C@@H]2C[C@H](O)[C@@H](CO)O2)C(=O)NC1=O. The van der Waals surface area contributed by atoms with Gasteiger partial charge in [-0.25, -0.2) is 4.79 Å². The van der Waals surface area contributed by atoms with Gasteiger partial charge in [0.15, 0.2) is 0 Å². The number of amides is 3. The van der Waals surface area contributed by atoms with Gasteiger partial charge in [0.05, 0.1) is 18.6 Å². The molecular weight excluding hydrogens is 228 g/mol. The summed E-state index contributed by atoms with van der Waals surface area (Å²) in [6.07, 6.45) is -1.79. The second kappa shape index (κ2) is 4.59. The molecule has 1 unspecified atom stereocenters. The Kier molecular flexibility index (Phi) is 3.32. The van der Waals surface area contributed by atoms with Gasteiger partial charge in [0, 0.05) is 13.0 Å². The molecule has 2 aliphatic heterocycles. The Morgan fingerprint density at radius 1 is 1.53 bits per heavy atom. The van der Waals surface area contributed by atoms with Gasteiger partial charge < -0.3 is 14.9 Å². The third kappa shape index (κ3) is 2.26. The van der Waals surface area contributed by atoms with Crippen molar-refractivity contribution in [2.75, 3.05) is 13.2 Å². The average molecular weight is 244 g/mol. The van der Waals surface area contributed by atoms with E-state index in [-0.39, 0.29) is 31.4 Å². The molecule has 7 nitrogen and oxygen atoms in total. The molecule has 2 fully saturated rings. The van der Waals surface area contributed by atoms with Gasteiger partial charge in [0.25, 0.3) is 0 Å². The minimum Gasteiger partial charge on any atom is -0.394 e. The van der Waals surface area contributed by atoms with Crippen LogP contribution in [0.2, 0.25) is 0 Å². The fourth-order valence-corrected chi connectivity index (χ4v) is 2.08. The Morgan fingerprint density at radius 3 is 2.82 bits per heavy atom. The lowest BCUT2D eigenvalue weighted by molar-refractivity contribution is -0.128. The zero-order valence-corrected chi connectivity index (χ0v) is 9.50. The number of aliphatic hydroxyl groups excluding tert-OH is 2. The van der Waals surface area contributed by atoms with E-state index in [1.807, 2.05) is 0 Å². The fourth-order valence-electron chi connectivity index (χ4n) is 2.08. The molecule has 2 saturated heterocycles. The number of aliphatic hydroxyl groups is 2. The predicted octanol–water partition coefficient (Wildman–Crippen LogP) is -1.36. The summed E-state index contributed by atoms with van der Waals surface area (Å²) in [4.78, 5) is 24.2. The van der Waals surface area contributed by atoms with Crippen molar-refractivity contribution in [2.45, 2.75) is 31.8 Å². The monoisotopic (exact) mass is 244 g/mol. The normalized spacial score (nSPS) is 38.4. The molecule has 0 aliphatic carbocycles. The second-order valence-corrected chi connectivity index (χ2v) is 4.46. The van der Waals surface area contributed by atoms with Crippen molar-refractivity contribution >= 4 is 11.9 Å². The Bertz CT molecular complexity index is 335. The van der Waals surface area contributed by atoms with E-state index in [1.165, 1.54) is 4.90 Å². The first kappa shape index (κ1) is 12.3. The Balaban J connectivity index is 2.03. The summed E-state index contributed by atoms with van der Waals surface area (Å²) in [7, 11) is 0. The number of carbonyl (C=O) groups excluding carboxylic acids is 2. The first-order chi connectivity index (χ1) is 8.02. The first-order valence-corrected chi connectivity index (χ1v) is 5.58. The molecule has 2 aliphatic rings. The van der Waals surface area contributed by atoms with Gasteiger partial charge in [-0.05, 0) is 0 Å². The van der Waals surface area contributed by atoms with Gasteiger partial charge in [-0.3, -0.25) is 15.0 Å². The molecule has 3 amide bonds. The van der Waals surface area contributed by atoms with E-state index in [0.29, 0.717) is 0 Å². The summed E-state index contributed by atoms with van der Waals surface area (Å²) >= 11 is 0. The minimum atomic E-state index is -0.786. The largest absolute Gasteiger partial charge is 0.394 e. The lowest BCUT2D eigenvalue weighted by Crippen LogP contribution is -2.57. The number of hydrogen-bond acceptors (Lipinski definition) is 5. The third-order valence-electron chi connectivity index (χ3n) is 3.14. The van der Waals surface area contributed by atoms with Crippen molar-refractivity contribution in [3.8, 4) is 0 Å². The molecule has 7 heteroatoms. The summed E-state index contributed by atoms with van der Waals surface area (Å²) in [5.74, 6) is -0.606. The molecule has 3 N–H and O–H groups in total. The van der Waals surface area contributed by atoms with Crippen LogP contribution in [-0.2, 0) is 9.53 Å². The fraction of sp³-hybridized carbons (Fsp3) is 0.800. The van der Waals surface area contributed by atoms with Crippen LogP contribution < -0.4 is 5.32 Å². The molecular formula is C10H16N2O5. The van der Waals surface area contributed by atoms with Gasteiger partial charge >= 0.3 is 6.03 Å². The maximum absolute atomic E-state index is 11.6. The highest BCUT2D eigenvalue weighted by Gasteiger charge is 2.41.